The van der Waals surface area contributed by atoms with Crippen LogP contribution in [0.5, 0.6) is 0 Å². The second-order valence-electron chi connectivity index (χ2n) is 6.05. The van der Waals surface area contributed by atoms with Crippen LogP contribution in [0.25, 0.3) is 11.5 Å². The van der Waals surface area contributed by atoms with Gasteiger partial charge in [0.2, 0.25) is 11.7 Å². The predicted molar refractivity (Wildman–Crippen MR) is 108 cm³/mol. The number of nitrogens with zero attached hydrogens (tertiary/aromatic N) is 3. The first-order valence-electron chi connectivity index (χ1n) is 9.09. The second-order valence-corrected chi connectivity index (χ2v) is 7.34. The van der Waals surface area contributed by atoms with Crippen LogP contribution in [0.2, 0.25) is 0 Å². The Kier molecular flexibility index (Phi) is 6.41. The van der Waals surface area contributed by atoms with E-state index in [1.54, 1.807) is 12.1 Å². The summed E-state index contributed by atoms with van der Waals surface area (Å²) in [6.45, 7) is 8.12. The van der Waals surface area contributed by atoms with Crippen LogP contribution < -0.4 is 4.90 Å². The summed E-state index contributed by atoms with van der Waals surface area (Å²) < 4.78 is 16.0. The minimum atomic E-state index is -0.503. The number of hydrogen-bond acceptors (Lipinski definition) is 8. The minimum Gasteiger partial charge on any atom is -0.463 e. The molecule has 0 saturated heterocycles. The normalized spacial score (nSPS) is 12.0. The van der Waals surface area contributed by atoms with E-state index in [1.165, 1.54) is 18.9 Å². The quantitative estimate of drug-likeness (QED) is 0.393. The van der Waals surface area contributed by atoms with E-state index in [1.807, 2.05) is 19.1 Å². The molecule has 8 heteroatoms. The fourth-order valence-electron chi connectivity index (χ4n) is 2.77. The zero-order valence-corrected chi connectivity index (χ0v) is 17.2. The number of ether oxygens (including phenoxy) is 1. The Morgan fingerprint density at radius 1 is 1.11 bits per heavy atom. The molecule has 7 nitrogen and oxygen atoms in total. The van der Waals surface area contributed by atoms with Crippen molar-refractivity contribution in [2.45, 2.75) is 31.2 Å². The number of rotatable bonds is 8. The SMILES string of the molecule is CCN(CC)c1ccc(-c2nnc(SC(C)c3ccc(C(=O)OC)o3)o2)cc1. The summed E-state index contributed by atoms with van der Waals surface area (Å²) in [5.74, 6) is 0.769. The largest absolute Gasteiger partial charge is 0.463 e. The van der Waals surface area contributed by atoms with Gasteiger partial charge in [-0.25, -0.2) is 4.79 Å². The molecule has 0 fully saturated rings. The molecule has 0 radical (unpaired) electrons. The number of thioether (sulfide) groups is 1. The van der Waals surface area contributed by atoms with Gasteiger partial charge >= 0.3 is 5.97 Å². The lowest BCUT2D eigenvalue weighted by atomic mass is 10.2. The number of methoxy groups -OCH3 is 1. The van der Waals surface area contributed by atoms with Crippen molar-refractivity contribution in [3.05, 3.63) is 47.9 Å². The zero-order valence-electron chi connectivity index (χ0n) is 16.3. The predicted octanol–water partition coefficient (Wildman–Crippen LogP) is 4.82. The van der Waals surface area contributed by atoms with E-state index in [4.69, 9.17) is 8.83 Å². The molecule has 0 saturated carbocycles. The highest BCUT2D eigenvalue weighted by Crippen LogP contribution is 2.36. The molecule has 3 rings (SSSR count). The number of benzene rings is 1. The smallest absolute Gasteiger partial charge is 0.373 e. The Balaban J connectivity index is 1.68. The van der Waals surface area contributed by atoms with Gasteiger partial charge in [0.15, 0.2) is 0 Å². The molecule has 148 valence electrons. The summed E-state index contributed by atoms with van der Waals surface area (Å²) in [4.78, 5) is 13.8. The van der Waals surface area contributed by atoms with Crippen LogP contribution in [0, 0.1) is 0 Å². The lowest BCUT2D eigenvalue weighted by molar-refractivity contribution is 0.0563. The second kappa shape index (κ2) is 8.97. The Bertz CT molecular complexity index is 916. The molecule has 0 aliphatic carbocycles. The molecule has 1 unspecified atom stereocenters. The van der Waals surface area contributed by atoms with Gasteiger partial charge in [0, 0.05) is 24.3 Å². The van der Waals surface area contributed by atoms with Crippen LogP contribution in [0.15, 0.2) is 50.5 Å². The van der Waals surface area contributed by atoms with Gasteiger partial charge in [-0.05, 0) is 57.2 Å². The van der Waals surface area contributed by atoms with Crippen molar-refractivity contribution >= 4 is 23.4 Å². The molecular formula is C20H23N3O4S. The van der Waals surface area contributed by atoms with Crippen molar-refractivity contribution < 1.29 is 18.4 Å². The van der Waals surface area contributed by atoms with Crippen LogP contribution in [-0.2, 0) is 4.74 Å². The van der Waals surface area contributed by atoms with Gasteiger partial charge in [0.05, 0.1) is 12.4 Å². The standard InChI is InChI=1S/C20H23N3O4S/c1-5-23(6-2)15-9-7-14(8-10-15)18-21-22-20(27-18)28-13(3)16-11-12-17(26-16)19(24)25-4/h7-13H,5-6H2,1-4H3. The van der Waals surface area contributed by atoms with Crippen LogP contribution >= 0.6 is 11.8 Å². The van der Waals surface area contributed by atoms with E-state index in [2.05, 4.69) is 45.8 Å². The molecule has 3 aromatic rings. The van der Waals surface area contributed by atoms with Crippen molar-refractivity contribution in [1.82, 2.24) is 10.2 Å². The first-order valence-corrected chi connectivity index (χ1v) is 9.97. The minimum absolute atomic E-state index is 0.100. The van der Waals surface area contributed by atoms with Crippen molar-refractivity contribution in [1.29, 1.82) is 0 Å². The van der Waals surface area contributed by atoms with Gasteiger partial charge in [-0.2, -0.15) is 0 Å². The summed E-state index contributed by atoms with van der Waals surface area (Å²) in [5, 5.41) is 8.58. The van der Waals surface area contributed by atoms with E-state index < -0.39 is 5.97 Å². The Labute approximate surface area is 168 Å². The van der Waals surface area contributed by atoms with E-state index in [0.29, 0.717) is 16.9 Å². The summed E-state index contributed by atoms with van der Waals surface area (Å²) in [6, 6.07) is 11.4. The van der Waals surface area contributed by atoms with Crippen LogP contribution in [0.4, 0.5) is 5.69 Å². The van der Waals surface area contributed by atoms with Crippen LogP contribution in [0.1, 0.15) is 42.3 Å². The molecule has 0 bridgehead atoms. The van der Waals surface area contributed by atoms with E-state index >= 15 is 0 Å². The van der Waals surface area contributed by atoms with Gasteiger partial charge in [-0.1, -0.05) is 11.8 Å². The molecule has 0 spiro atoms. The number of anilines is 1. The van der Waals surface area contributed by atoms with Crippen molar-refractivity contribution in [2.75, 3.05) is 25.1 Å². The maximum atomic E-state index is 11.5. The topological polar surface area (TPSA) is 81.6 Å². The lowest BCUT2D eigenvalue weighted by Gasteiger charge is -2.20. The third-order valence-electron chi connectivity index (χ3n) is 4.34. The number of carbonyl (C=O) groups excluding carboxylic acids is 1. The molecule has 1 atom stereocenters. The molecule has 28 heavy (non-hydrogen) atoms. The molecule has 0 N–H and O–H groups in total. The molecule has 0 aliphatic heterocycles. The summed E-state index contributed by atoms with van der Waals surface area (Å²) in [5.41, 5.74) is 2.03. The molecule has 2 heterocycles. The summed E-state index contributed by atoms with van der Waals surface area (Å²) in [6.07, 6.45) is 0. The monoisotopic (exact) mass is 401 g/mol. The molecular weight excluding hydrogens is 378 g/mol. The molecule has 2 aromatic heterocycles. The third-order valence-corrected chi connectivity index (χ3v) is 5.29. The zero-order chi connectivity index (χ0) is 20.1. The molecule has 0 aliphatic rings. The van der Waals surface area contributed by atoms with Crippen molar-refractivity contribution in [2.24, 2.45) is 0 Å². The highest BCUT2D eigenvalue weighted by Gasteiger charge is 2.19. The summed E-state index contributed by atoms with van der Waals surface area (Å²) in [7, 11) is 1.32. The third kappa shape index (κ3) is 4.39. The lowest BCUT2D eigenvalue weighted by Crippen LogP contribution is -2.21. The summed E-state index contributed by atoms with van der Waals surface area (Å²) >= 11 is 1.37. The Hall–Kier alpha value is -2.74. The highest BCUT2D eigenvalue weighted by molar-refractivity contribution is 7.99. The Morgan fingerprint density at radius 3 is 2.46 bits per heavy atom. The number of furan rings is 1. The fraction of sp³-hybridized carbons (Fsp3) is 0.350. The maximum absolute atomic E-state index is 11.5. The first-order chi connectivity index (χ1) is 13.5. The first kappa shape index (κ1) is 20.0. The number of esters is 1. The van der Waals surface area contributed by atoms with Crippen molar-refractivity contribution in [3.63, 3.8) is 0 Å². The van der Waals surface area contributed by atoms with Crippen LogP contribution in [-0.4, -0.2) is 36.4 Å². The number of carbonyl (C=O) groups is 1. The average molecular weight is 401 g/mol. The molecule has 1 aromatic carbocycles. The maximum Gasteiger partial charge on any atom is 0.373 e. The van der Waals surface area contributed by atoms with Crippen molar-refractivity contribution in [3.8, 4) is 11.5 Å². The van der Waals surface area contributed by atoms with Gasteiger partial charge in [-0.3, -0.25) is 0 Å². The van der Waals surface area contributed by atoms with E-state index in [9.17, 15) is 4.79 Å². The molecule has 0 amide bonds. The van der Waals surface area contributed by atoms with E-state index in [0.717, 1.165) is 24.3 Å². The van der Waals surface area contributed by atoms with Gasteiger partial charge in [-0.15, -0.1) is 10.2 Å². The average Bonchev–Trinajstić information content (AvgIpc) is 3.39. The highest BCUT2D eigenvalue weighted by atomic mass is 32.2. The number of aromatic nitrogens is 2. The fourth-order valence-corrected chi connectivity index (χ4v) is 3.53. The Morgan fingerprint density at radius 2 is 1.82 bits per heavy atom. The van der Waals surface area contributed by atoms with Gasteiger partial charge < -0.3 is 18.5 Å². The van der Waals surface area contributed by atoms with Crippen LogP contribution in [0.3, 0.4) is 0 Å². The van der Waals surface area contributed by atoms with Gasteiger partial charge in [0.25, 0.3) is 5.22 Å². The van der Waals surface area contributed by atoms with Gasteiger partial charge in [0.1, 0.15) is 5.76 Å². The van der Waals surface area contributed by atoms with E-state index in [-0.39, 0.29) is 11.0 Å². The number of hydrogen-bond donors (Lipinski definition) is 0.